The van der Waals surface area contributed by atoms with Gasteiger partial charge in [0.1, 0.15) is 0 Å². The summed E-state index contributed by atoms with van der Waals surface area (Å²) in [7, 11) is 2.22. The summed E-state index contributed by atoms with van der Waals surface area (Å²) in [5.41, 5.74) is 4.67. The number of rotatable bonds is 6. The van der Waals surface area contributed by atoms with Gasteiger partial charge in [-0.3, -0.25) is 0 Å². The van der Waals surface area contributed by atoms with Crippen molar-refractivity contribution in [2.45, 2.75) is 58.4 Å². The van der Waals surface area contributed by atoms with Gasteiger partial charge < -0.3 is 4.90 Å². The maximum Gasteiger partial charge on any atom is 0.0233 e. The van der Waals surface area contributed by atoms with Gasteiger partial charge in [0.05, 0.1) is 0 Å². The predicted molar refractivity (Wildman–Crippen MR) is 79.0 cm³/mol. The lowest BCUT2D eigenvalue weighted by Crippen LogP contribution is -2.19. The molecule has 1 aromatic carbocycles. The Hall–Kier alpha value is -0.820. The van der Waals surface area contributed by atoms with E-state index in [9.17, 15) is 0 Å². The molecule has 1 aromatic rings. The molecular formula is C17H27N. The van der Waals surface area contributed by atoms with Crippen LogP contribution < -0.4 is 0 Å². The van der Waals surface area contributed by atoms with Crippen LogP contribution in [-0.4, -0.2) is 18.5 Å². The van der Waals surface area contributed by atoms with Gasteiger partial charge in [0, 0.05) is 6.54 Å². The highest BCUT2D eigenvalue weighted by molar-refractivity contribution is 5.34. The molecule has 1 saturated carbocycles. The molecule has 0 radical (unpaired) electrons. The summed E-state index contributed by atoms with van der Waals surface area (Å²) in [6.45, 7) is 6.82. The van der Waals surface area contributed by atoms with E-state index in [0.717, 1.165) is 18.9 Å². The second-order valence-electron chi connectivity index (χ2n) is 5.75. The van der Waals surface area contributed by atoms with Crippen molar-refractivity contribution in [1.29, 1.82) is 0 Å². The number of aryl methyl sites for hydroxylation is 1. The Labute approximate surface area is 112 Å². The van der Waals surface area contributed by atoms with Crippen LogP contribution >= 0.6 is 0 Å². The summed E-state index contributed by atoms with van der Waals surface area (Å²) in [6.07, 6.45) is 6.62. The third-order valence-electron chi connectivity index (χ3n) is 4.23. The molecule has 0 atom stereocenters. The molecule has 1 aliphatic rings. The predicted octanol–water partition coefficient (Wildman–Crippen LogP) is 4.36. The molecule has 1 fully saturated rings. The lowest BCUT2D eigenvalue weighted by molar-refractivity contribution is 0.326. The van der Waals surface area contributed by atoms with Crippen molar-refractivity contribution in [3.63, 3.8) is 0 Å². The summed E-state index contributed by atoms with van der Waals surface area (Å²) in [6, 6.07) is 7.22. The van der Waals surface area contributed by atoms with Crippen LogP contribution in [0, 0.1) is 0 Å². The van der Waals surface area contributed by atoms with E-state index in [1.165, 1.54) is 37.8 Å². The zero-order valence-electron chi connectivity index (χ0n) is 12.2. The fraction of sp³-hybridized carbons (Fsp3) is 0.647. The van der Waals surface area contributed by atoms with Crippen molar-refractivity contribution in [2.24, 2.45) is 0 Å². The van der Waals surface area contributed by atoms with Gasteiger partial charge in [-0.1, -0.05) is 38.5 Å². The zero-order valence-corrected chi connectivity index (χ0v) is 12.2. The van der Waals surface area contributed by atoms with Gasteiger partial charge in [-0.05, 0) is 61.9 Å². The molecular weight excluding hydrogens is 218 g/mol. The maximum absolute atomic E-state index is 2.47. The summed E-state index contributed by atoms with van der Waals surface area (Å²) in [4.78, 5) is 2.43. The van der Waals surface area contributed by atoms with Gasteiger partial charge >= 0.3 is 0 Å². The first-order chi connectivity index (χ1) is 8.74. The molecule has 18 heavy (non-hydrogen) atoms. The minimum absolute atomic E-state index is 0.859. The van der Waals surface area contributed by atoms with Crippen molar-refractivity contribution >= 4 is 0 Å². The van der Waals surface area contributed by atoms with Crippen molar-refractivity contribution < 1.29 is 0 Å². The third kappa shape index (κ3) is 3.14. The molecule has 1 nitrogen and oxygen atoms in total. The summed E-state index contributed by atoms with van der Waals surface area (Å²) >= 11 is 0. The van der Waals surface area contributed by atoms with Crippen molar-refractivity contribution in [3.8, 4) is 0 Å². The van der Waals surface area contributed by atoms with Gasteiger partial charge in [0.2, 0.25) is 0 Å². The van der Waals surface area contributed by atoms with E-state index in [1.807, 2.05) is 0 Å². The van der Waals surface area contributed by atoms with Crippen LogP contribution in [0.2, 0.25) is 0 Å². The van der Waals surface area contributed by atoms with E-state index >= 15 is 0 Å². The van der Waals surface area contributed by atoms with E-state index in [0.29, 0.717) is 0 Å². The normalized spacial score (nSPS) is 16.0. The lowest BCUT2D eigenvalue weighted by atomic mass is 9.79. The van der Waals surface area contributed by atoms with Crippen LogP contribution in [0.4, 0.5) is 0 Å². The highest BCUT2D eigenvalue weighted by atomic mass is 15.1. The Morgan fingerprint density at radius 2 is 1.94 bits per heavy atom. The molecule has 2 rings (SSSR count). The first-order valence-corrected chi connectivity index (χ1v) is 7.54. The lowest BCUT2D eigenvalue weighted by Gasteiger charge is -2.27. The summed E-state index contributed by atoms with van der Waals surface area (Å²) in [5.74, 6) is 0.859. The molecule has 0 aliphatic heterocycles. The van der Waals surface area contributed by atoms with E-state index in [-0.39, 0.29) is 0 Å². The monoisotopic (exact) mass is 245 g/mol. The van der Waals surface area contributed by atoms with Crippen LogP contribution in [0.15, 0.2) is 18.2 Å². The molecule has 0 bridgehead atoms. The number of hydrogen-bond acceptors (Lipinski definition) is 1. The number of benzene rings is 1. The second-order valence-corrected chi connectivity index (χ2v) is 5.75. The Bertz CT molecular complexity index is 379. The molecule has 0 aromatic heterocycles. The fourth-order valence-electron chi connectivity index (χ4n) is 2.88. The Kier molecular flexibility index (Phi) is 4.82. The standard InChI is InChI=1S/C17H27N/c1-4-11-18(3)13-17-10-9-16(12-14(17)5-2)15-7-6-8-15/h9-10,12,15H,4-8,11,13H2,1-3H3. The molecule has 100 valence electrons. The zero-order chi connectivity index (χ0) is 13.0. The van der Waals surface area contributed by atoms with E-state index in [1.54, 1.807) is 11.1 Å². The quantitative estimate of drug-likeness (QED) is 0.720. The molecule has 0 saturated heterocycles. The third-order valence-corrected chi connectivity index (χ3v) is 4.23. The highest BCUT2D eigenvalue weighted by Gasteiger charge is 2.20. The van der Waals surface area contributed by atoms with Gasteiger partial charge in [-0.25, -0.2) is 0 Å². The first-order valence-electron chi connectivity index (χ1n) is 7.54. The Morgan fingerprint density at radius 3 is 2.50 bits per heavy atom. The Balaban J connectivity index is 2.09. The van der Waals surface area contributed by atoms with Gasteiger partial charge in [0.15, 0.2) is 0 Å². The van der Waals surface area contributed by atoms with Crippen molar-refractivity contribution in [2.75, 3.05) is 13.6 Å². The number of nitrogens with zero attached hydrogens (tertiary/aromatic N) is 1. The molecule has 0 amide bonds. The van der Waals surface area contributed by atoms with Crippen LogP contribution in [0.25, 0.3) is 0 Å². The molecule has 0 N–H and O–H groups in total. The summed E-state index contributed by atoms with van der Waals surface area (Å²) < 4.78 is 0. The SMILES string of the molecule is CCCN(C)Cc1ccc(C2CCC2)cc1CC. The van der Waals surface area contributed by atoms with Crippen LogP contribution in [0.5, 0.6) is 0 Å². The van der Waals surface area contributed by atoms with Gasteiger partial charge in [-0.15, -0.1) is 0 Å². The largest absolute Gasteiger partial charge is 0.302 e. The van der Waals surface area contributed by atoms with Gasteiger partial charge in [-0.2, -0.15) is 0 Å². The minimum Gasteiger partial charge on any atom is -0.302 e. The first kappa shape index (κ1) is 13.6. The van der Waals surface area contributed by atoms with E-state index < -0.39 is 0 Å². The minimum atomic E-state index is 0.859. The fourth-order valence-corrected chi connectivity index (χ4v) is 2.88. The topological polar surface area (TPSA) is 3.24 Å². The van der Waals surface area contributed by atoms with Gasteiger partial charge in [0.25, 0.3) is 0 Å². The Morgan fingerprint density at radius 1 is 1.17 bits per heavy atom. The maximum atomic E-state index is 2.47. The van der Waals surface area contributed by atoms with Crippen molar-refractivity contribution in [1.82, 2.24) is 4.90 Å². The van der Waals surface area contributed by atoms with Crippen molar-refractivity contribution in [3.05, 3.63) is 34.9 Å². The van der Waals surface area contributed by atoms with Crippen LogP contribution in [0.3, 0.4) is 0 Å². The summed E-state index contributed by atoms with van der Waals surface area (Å²) in [5, 5.41) is 0. The average molecular weight is 245 g/mol. The van der Waals surface area contributed by atoms with Crippen LogP contribution in [-0.2, 0) is 13.0 Å². The van der Waals surface area contributed by atoms with Crippen LogP contribution in [0.1, 0.15) is 62.1 Å². The van der Waals surface area contributed by atoms with E-state index in [4.69, 9.17) is 0 Å². The second kappa shape index (κ2) is 6.38. The highest BCUT2D eigenvalue weighted by Crippen LogP contribution is 2.37. The number of hydrogen-bond donors (Lipinski definition) is 0. The molecule has 0 spiro atoms. The molecule has 0 unspecified atom stereocenters. The molecule has 1 aliphatic carbocycles. The smallest absolute Gasteiger partial charge is 0.0233 e. The average Bonchev–Trinajstić information content (AvgIpc) is 2.29. The molecule has 1 heteroatoms. The van der Waals surface area contributed by atoms with E-state index in [2.05, 4.69) is 44.0 Å². The molecule has 0 heterocycles.